The molecular weight excluding hydrogens is 222 g/mol. The molecule has 2 unspecified atom stereocenters. The zero-order chi connectivity index (χ0) is 12.8. The number of imidazole rings is 1. The van der Waals surface area contributed by atoms with Gasteiger partial charge in [-0.25, -0.2) is 4.98 Å². The largest absolute Gasteiger partial charge is 0.330 e. The van der Waals surface area contributed by atoms with Crippen molar-refractivity contribution < 1.29 is 0 Å². The van der Waals surface area contributed by atoms with Crippen LogP contribution in [0.5, 0.6) is 0 Å². The number of nitrogens with zero attached hydrogens (tertiary/aromatic N) is 2. The van der Waals surface area contributed by atoms with E-state index in [9.17, 15) is 0 Å². The number of hydrogen-bond acceptors (Lipinski definition) is 2. The molecule has 1 N–H and O–H groups in total. The first-order chi connectivity index (χ1) is 8.63. The fourth-order valence-electron chi connectivity index (χ4n) is 4.02. The lowest BCUT2D eigenvalue weighted by Crippen LogP contribution is -2.41. The highest BCUT2D eigenvalue weighted by atomic mass is 15.1. The first-order valence-electron chi connectivity index (χ1n) is 7.35. The van der Waals surface area contributed by atoms with Crippen molar-refractivity contribution in [3.8, 4) is 0 Å². The molecule has 0 amide bonds. The molecule has 0 spiro atoms. The van der Waals surface area contributed by atoms with E-state index in [1.165, 1.54) is 49.9 Å². The Kier molecular flexibility index (Phi) is 2.97. The number of hydrogen-bond donors (Lipinski definition) is 1. The fourth-order valence-corrected chi connectivity index (χ4v) is 4.02. The predicted octanol–water partition coefficient (Wildman–Crippen LogP) is 2.71. The van der Waals surface area contributed by atoms with Gasteiger partial charge in [-0.1, -0.05) is 13.8 Å². The van der Waals surface area contributed by atoms with E-state index in [1.54, 1.807) is 0 Å². The summed E-state index contributed by atoms with van der Waals surface area (Å²) in [6.07, 6.45) is 9.74. The molecule has 0 saturated heterocycles. The van der Waals surface area contributed by atoms with Gasteiger partial charge < -0.3 is 9.88 Å². The molecule has 3 rings (SSSR count). The Morgan fingerprint density at radius 3 is 2.89 bits per heavy atom. The molecule has 3 nitrogen and oxygen atoms in total. The number of aromatic nitrogens is 2. The lowest BCUT2D eigenvalue weighted by Gasteiger charge is -2.32. The Hall–Kier alpha value is -0.830. The molecule has 0 bridgehead atoms. The Morgan fingerprint density at radius 1 is 1.33 bits per heavy atom. The van der Waals surface area contributed by atoms with Crippen LogP contribution >= 0.6 is 0 Å². The minimum Gasteiger partial charge on any atom is -0.330 e. The Bertz CT molecular complexity index is 433. The molecule has 1 heterocycles. The molecule has 1 aromatic heterocycles. The van der Waals surface area contributed by atoms with Gasteiger partial charge in [0.25, 0.3) is 0 Å². The summed E-state index contributed by atoms with van der Waals surface area (Å²) in [7, 11) is 2.11. The molecule has 0 aliphatic heterocycles. The van der Waals surface area contributed by atoms with E-state index in [4.69, 9.17) is 0 Å². The summed E-state index contributed by atoms with van der Waals surface area (Å²) < 4.78 is 2.49. The smallest absolute Gasteiger partial charge is 0.0954 e. The van der Waals surface area contributed by atoms with Crippen molar-refractivity contribution in [3.63, 3.8) is 0 Å². The normalized spacial score (nSPS) is 30.4. The van der Waals surface area contributed by atoms with Gasteiger partial charge in [-0.3, -0.25) is 0 Å². The van der Waals surface area contributed by atoms with Gasteiger partial charge in [0.2, 0.25) is 0 Å². The second-order valence-electron chi connectivity index (χ2n) is 6.61. The summed E-state index contributed by atoms with van der Waals surface area (Å²) in [6.45, 7) is 4.77. The second kappa shape index (κ2) is 4.37. The second-order valence-corrected chi connectivity index (χ2v) is 6.61. The maximum Gasteiger partial charge on any atom is 0.0954 e. The summed E-state index contributed by atoms with van der Waals surface area (Å²) in [6, 6.07) is 1.16. The van der Waals surface area contributed by atoms with Crippen LogP contribution in [-0.4, -0.2) is 22.6 Å². The third-order valence-corrected chi connectivity index (χ3v) is 5.04. The van der Waals surface area contributed by atoms with E-state index in [-0.39, 0.29) is 0 Å². The number of fused-ring (bicyclic) bond motifs is 1. The van der Waals surface area contributed by atoms with Crippen LogP contribution < -0.4 is 5.32 Å². The van der Waals surface area contributed by atoms with Gasteiger partial charge in [-0.2, -0.15) is 0 Å². The third-order valence-electron chi connectivity index (χ3n) is 5.04. The molecule has 1 aromatic rings. The van der Waals surface area contributed by atoms with Crippen molar-refractivity contribution in [1.82, 2.24) is 14.9 Å². The summed E-state index contributed by atoms with van der Waals surface area (Å²) >= 11 is 0. The topological polar surface area (TPSA) is 29.9 Å². The maximum absolute atomic E-state index is 4.65. The zero-order valence-corrected chi connectivity index (χ0v) is 11.9. The van der Waals surface area contributed by atoms with Crippen molar-refractivity contribution in [3.05, 3.63) is 17.7 Å². The monoisotopic (exact) mass is 247 g/mol. The van der Waals surface area contributed by atoms with E-state index >= 15 is 0 Å². The lowest BCUT2D eigenvalue weighted by molar-refractivity contribution is 0.259. The molecule has 18 heavy (non-hydrogen) atoms. The molecule has 2 atom stereocenters. The van der Waals surface area contributed by atoms with E-state index in [0.29, 0.717) is 17.5 Å². The van der Waals surface area contributed by atoms with Crippen molar-refractivity contribution in [1.29, 1.82) is 0 Å². The number of likely N-dealkylation sites (N-methyl/N-ethyl adjacent to an activating group) is 1. The Morgan fingerprint density at radius 2 is 2.11 bits per heavy atom. The fraction of sp³-hybridized carbons (Fsp3) is 0.800. The van der Waals surface area contributed by atoms with Gasteiger partial charge in [0.05, 0.1) is 18.1 Å². The van der Waals surface area contributed by atoms with Crippen LogP contribution in [0.3, 0.4) is 0 Å². The van der Waals surface area contributed by atoms with E-state index in [0.717, 1.165) is 0 Å². The van der Waals surface area contributed by atoms with Gasteiger partial charge >= 0.3 is 0 Å². The molecule has 0 aromatic carbocycles. The zero-order valence-electron chi connectivity index (χ0n) is 11.9. The van der Waals surface area contributed by atoms with Gasteiger partial charge in [0.15, 0.2) is 0 Å². The van der Waals surface area contributed by atoms with Crippen LogP contribution in [0.4, 0.5) is 0 Å². The van der Waals surface area contributed by atoms with E-state index < -0.39 is 0 Å². The van der Waals surface area contributed by atoms with Crippen molar-refractivity contribution >= 4 is 0 Å². The molecular formula is C15H25N3. The summed E-state index contributed by atoms with van der Waals surface area (Å²) in [5.41, 5.74) is 3.27. The van der Waals surface area contributed by atoms with Gasteiger partial charge in [-0.05, 0) is 51.0 Å². The number of rotatable bonds is 2. The average Bonchev–Trinajstić information content (AvgIpc) is 2.89. The molecule has 3 heteroatoms. The Balaban J connectivity index is 1.93. The van der Waals surface area contributed by atoms with Crippen molar-refractivity contribution in [2.24, 2.45) is 5.41 Å². The van der Waals surface area contributed by atoms with Crippen molar-refractivity contribution in [2.75, 3.05) is 7.05 Å². The van der Waals surface area contributed by atoms with Crippen LogP contribution in [0, 0.1) is 5.41 Å². The van der Waals surface area contributed by atoms with Gasteiger partial charge in [0, 0.05) is 11.7 Å². The molecule has 100 valence electrons. The SMILES string of the molecule is CNC1C(n2cnc3c2CCCC3)CCC1(C)C. The lowest BCUT2D eigenvalue weighted by atomic mass is 9.86. The van der Waals surface area contributed by atoms with Crippen LogP contribution in [0.2, 0.25) is 0 Å². The first-order valence-corrected chi connectivity index (χ1v) is 7.35. The van der Waals surface area contributed by atoms with E-state index in [1.807, 2.05) is 0 Å². The molecule has 2 aliphatic carbocycles. The Labute approximate surface area is 110 Å². The van der Waals surface area contributed by atoms with Crippen LogP contribution in [0.25, 0.3) is 0 Å². The highest BCUT2D eigenvalue weighted by Gasteiger charge is 2.42. The first kappa shape index (κ1) is 12.2. The van der Waals surface area contributed by atoms with Crippen LogP contribution in [-0.2, 0) is 12.8 Å². The van der Waals surface area contributed by atoms with Crippen LogP contribution in [0.15, 0.2) is 6.33 Å². The summed E-state index contributed by atoms with van der Waals surface area (Å²) in [5.74, 6) is 0. The number of aryl methyl sites for hydroxylation is 1. The maximum atomic E-state index is 4.65. The predicted molar refractivity (Wildman–Crippen MR) is 73.8 cm³/mol. The molecule has 1 fully saturated rings. The van der Waals surface area contributed by atoms with E-state index in [2.05, 4.69) is 42.1 Å². The highest BCUT2D eigenvalue weighted by molar-refractivity contribution is 5.19. The molecule has 2 aliphatic rings. The minimum atomic E-state index is 0.394. The molecule has 0 radical (unpaired) electrons. The summed E-state index contributed by atoms with van der Waals surface area (Å²) in [4.78, 5) is 4.65. The van der Waals surface area contributed by atoms with Crippen molar-refractivity contribution in [2.45, 2.75) is 64.5 Å². The molecule has 1 saturated carbocycles. The summed E-state index contributed by atoms with van der Waals surface area (Å²) in [5, 5.41) is 3.55. The standard InChI is InChI=1S/C15H25N3/c1-15(2)9-8-13(14(15)16-3)18-10-17-11-6-4-5-7-12(11)18/h10,13-14,16H,4-9H2,1-3H3. The number of nitrogens with one attached hydrogen (secondary N) is 1. The van der Waals surface area contributed by atoms with Crippen LogP contribution in [0.1, 0.15) is 57.0 Å². The highest BCUT2D eigenvalue weighted by Crippen LogP contribution is 2.44. The minimum absolute atomic E-state index is 0.394. The quantitative estimate of drug-likeness (QED) is 0.871. The van der Waals surface area contributed by atoms with Gasteiger partial charge in [-0.15, -0.1) is 0 Å². The van der Waals surface area contributed by atoms with Gasteiger partial charge in [0.1, 0.15) is 0 Å². The average molecular weight is 247 g/mol. The third kappa shape index (κ3) is 1.80.